The Labute approximate surface area is 119 Å². The van der Waals surface area contributed by atoms with Crippen molar-refractivity contribution in [3.63, 3.8) is 0 Å². The van der Waals surface area contributed by atoms with E-state index in [0.29, 0.717) is 23.7 Å². The van der Waals surface area contributed by atoms with Crippen LogP contribution in [0.2, 0.25) is 0 Å². The number of nitrogens with one attached hydrogen (secondary N) is 1. The maximum Gasteiger partial charge on any atom is 0.311 e. The summed E-state index contributed by atoms with van der Waals surface area (Å²) in [4.78, 5) is 10.6. The molecule has 0 atom stereocenters. The van der Waals surface area contributed by atoms with Crippen LogP contribution in [0.15, 0.2) is 18.2 Å². The van der Waals surface area contributed by atoms with Crippen molar-refractivity contribution >= 4 is 17.0 Å². The summed E-state index contributed by atoms with van der Waals surface area (Å²) in [6.07, 6.45) is 0. The lowest BCUT2D eigenvalue weighted by Gasteiger charge is -2.07. The summed E-state index contributed by atoms with van der Waals surface area (Å²) >= 11 is 1.38. The molecule has 2 rings (SSSR count). The second-order valence-electron chi connectivity index (χ2n) is 3.88. The van der Waals surface area contributed by atoms with Crippen LogP contribution in [0.5, 0.6) is 5.75 Å². The molecule has 1 aromatic heterocycles. The minimum atomic E-state index is -0.454. The summed E-state index contributed by atoms with van der Waals surface area (Å²) in [6, 6.07) is 4.79. The molecule has 0 radical (unpaired) electrons. The van der Waals surface area contributed by atoms with Crippen LogP contribution in [0.4, 0.5) is 5.69 Å². The Morgan fingerprint density at radius 2 is 2.25 bits per heavy atom. The average molecular weight is 294 g/mol. The second kappa shape index (κ2) is 6.40. The molecule has 8 heteroatoms. The van der Waals surface area contributed by atoms with E-state index in [-0.39, 0.29) is 11.4 Å². The van der Waals surface area contributed by atoms with Gasteiger partial charge in [-0.25, -0.2) is 0 Å². The number of rotatable bonds is 6. The van der Waals surface area contributed by atoms with Crippen LogP contribution in [-0.2, 0) is 6.54 Å². The fourth-order valence-electron chi connectivity index (χ4n) is 1.72. The first-order valence-electron chi connectivity index (χ1n) is 6.05. The molecule has 0 bridgehead atoms. The zero-order valence-corrected chi connectivity index (χ0v) is 11.9. The van der Waals surface area contributed by atoms with E-state index in [1.807, 2.05) is 7.05 Å². The van der Waals surface area contributed by atoms with Gasteiger partial charge in [-0.3, -0.25) is 10.1 Å². The van der Waals surface area contributed by atoms with Gasteiger partial charge in [0.05, 0.1) is 17.1 Å². The minimum absolute atomic E-state index is 0.0604. The fourth-order valence-corrected chi connectivity index (χ4v) is 2.59. The summed E-state index contributed by atoms with van der Waals surface area (Å²) in [5.41, 5.74) is 0.538. The highest BCUT2D eigenvalue weighted by molar-refractivity contribution is 7.14. The Morgan fingerprint density at radius 1 is 1.45 bits per heavy atom. The lowest BCUT2D eigenvalue weighted by atomic mass is 10.2. The lowest BCUT2D eigenvalue weighted by Crippen LogP contribution is -2.04. The Bertz CT molecular complexity index is 614. The topological polar surface area (TPSA) is 90.2 Å². The predicted octanol–water partition coefficient (Wildman–Crippen LogP) is 2.23. The molecular formula is C12H14N4O3S. The number of hydrogen-bond acceptors (Lipinski definition) is 7. The van der Waals surface area contributed by atoms with Crippen LogP contribution >= 0.6 is 11.3 Å². The van der Waals surface area contributed by atoms with Crippen molar-refractivity contribution in [2.75, 3.05) is 13.7 Å². The maximum atomic E-state index is 11.1. The predicted molar refractivity (Wildman–Crippen MR) is 75.9 cm³/mol. The number of aromatic nitrogens is 2. The van der Waals surface area contributed by atoms with Gasteiger partial charge in [-0.15, -0.1) is 10.2 Å². The van der Waals surface area contributed by atoms with Crippen molar-refractivity contribution in [3.05, 3.63) is 33.3 Å². The van der Waals surface area contributed by atoms with Gasteiger partial charge in [0.25, 0.3) is 0 Å². The van der Waals surface area contributed by atoms with Crippen molar-refractivity contribution in [3.8, 4) is 16.3 Å². The fraction of sp³-hybridized carbons (Fsp3) is 0.333. The first kappa shape index (κ1) is 14.4. The number of nitrogens with zero attached hydrogens (tertiary/aromatic N) is 3. The second-order valence-corrected chi connectivity index (χ2v) is 4.94. The van der Waals surface area contributed by atoms with Gasteiger partial charge in [0.1, 0.15) is 5.01 Å². The summed E-state index contributed by atoms with van der Waals surface area (Å²) < 4.78 is 5.43. The van der Waals surface area contributed by atoms with Crippen LogP contribution in [0.1, 0.15) is 11.9 Å². The standard InChI is InChI=1S/C12H14N4O3S/c1-3-19-11-8(5-4-6-9(11)16(17)18)12-15-14-10(20-12)7-13-2/h4-6,13H,3,7H2,1-2H3. The zero-order chi connectivity index (χ0) is 14.5. The van der Waals surface area contributed by atoms with Crippen LogP contribution < -0.4 is 10.1 Å². The molecule has 2 aromatic rings. The monoisotopic (exact) mass is 294 g/mol. The van der Waals surface area contributed by atoms with E-state index in [2.05, 4.69) is 15.5 Å². The molecule has 7 nitrogen and oxygen atoms in total. The van der Waals surface area contributed by atoms with Gasteiger partial charge in [0, 0.05) is 12.6 Å². The van der Waals surface area contributed by atoms with Gasteiger partial charge in [0.15, 0.2) is 5.01 Å². The molecule has 1 heterocycles. The van der Waals surface area contributed by atoms with Crippen molar-refractivity contribution in [2.45, 2.75) is 13.5 Å². The largest absolute Gasteiger partial charge is 0.487 e. The van der Waals surface area contributed by atoms with Crippen LogP contribution in [0.3, 0.4) is 0 Å². The van der Waals surface area contributed by atoms with E-state index >= 15 is 0 Å². The molecule has 0 aliphatic rings. The highest BCUT2D eigenvalue weighted by Gasteiger charge is 2.21. The lowest BCUT2D eigenvalue weighted by molar-refractivity contribution is -0.385. The van der Waals surface area contributed by atoms with Crippen molar-refractivity contribution < 1.29 is 9.66 Å². The average Bonchev–Trinajstić information content (AvgIpc) is 2.88. The maximum absolute atomic E-state index is 11.1. The first-order valence-corrected chi connectivity index (χ1v) is 6.86. The van der Waals surface area contributed by atoms with Crippen molar-refractivity contribution in [1.29, 1.82) is 0 Å². The SMILES string of the molecule is CCOc1c(-c2nnc(CNC)s2)cccc1[N+](=O)[O-]. The quantitative estimate of drug-likeness (QED) is 0.649. The molecular weight excluding hydrogens is 280 g/mol. The smallest absolute Gasteiger partial charge is 0.311 e. The number of para-hydroxylation sites is 1. The van der Waals surface area contributed by atoms with E-state index in [0.717, 1.165) is 5.01 Å². The highest BCUT2D eigenvalue weighted by Crippen LogP contribution is 2.38. The summed E-state index contributed by atoms with van der Waals surface area (Å²) in [5.74, 6) is 0.243. The van der Waals surface area contributed by atoms with E-state index in [1.54, 1.807) is 19.1 Å². The highest BCUT2D eigenvalue weighted by atomic mass is 32.1. The number of nitro groups is 1. The van der Waals surface area contributed by atoms with Crippen molar-refractivity contribution in [1.82, 2.24) is 15.5 Å². The van der Waals surface area contributed by atoms with E-state index < -0.39 is 4.92 Å². The Kier molecular flexibility index (Phi) is 4.59. The van der Waals surface area contributed by atoms with Gasteiger partial charge >= 0.3 is 5.69 Å². The van der Waals surface area contributed by atoms with Gasteiger partial charge in [-0.1, -0.05) is 17.4 Å². The summed E-state index contributed by atoms with van der Waals surface area (Å²) in [5, 5.41) is 23.6. The normalized spacial score (nSPS) is 10.5. The molecule has 1 aromatic carbocycles. The van der Waals surface area contributed by atoms with E-state index in [9.17, 15) is 10.1 Å². The summed E-state index contributed by atoms with van der Waals surface area (Å²) in [7, 11) is 1.82. The third kappa shape index (κ3) is 2.91. The Balaban J connectivity index is 2.48. The molecule has 0 fully saturated rings. The molecule has 0 saturated heterocycles. The first-order chi connectivity index (χ1) is 9.67. The molecule has 0 aliphatic carbocycles. The number of hydrogen-bond donors (Lipinski definition) is 1. The minimum Gasteiger partial charge on any atom is -0.487 e. The molecule has 20 heavy (non-hydrogen) atoms. The molecule has 0 saturated carbocycles. The number of nitro benzene ring substituents is 1. The van der Waals surface area contributed by atoms with Crippen LogP contribution in [-0.4, -0.2) is 28.8 Å². The van der Waals surface area contributed by atoms with Crippen molar-refractivity contribution in [2.24, 2.45) is 0 Å². The molecule has 0 unspecified atom stereocenters. The van der Waals surface area contributed by atoms with Crippen LogP contribution in [0.25, 0.3) is 10.6 Å². The zero-order valence-electron chi connectivity index (χ0n) is 11.1. The molecule has 0 spiro atoms. The summed E-state index contributed by atoms with van der Waals surface area (Å²) in [6.45, 7) is 2.74. The van der Waals surface area contributed by atoms with Gasteiger partial charge in [-0.05, 0) is 20.0 Å². The third-order valence-corrected chi connectivity index (χ3v) is 3.46. The number of benzene rings is 1. The Morgan fingerprint density at radius 3 is 2.90 bits per heavy atom. The van der Waals surface area contributed by atoms with Gasteiger partial charge < -0.3 is 10.1 Å². The number of ether oxygens (including phenoxy) is 1. The van der Waals surface area contributed by atoms with Gasteiger partial charge in [0.2, 0.25) is 5.75 Å². The molecule has 106 valence electrons. The molecule has 0 amide bonds. The van der Waals surface area contributed by atoms with Gasteiger partial charge in [-0.2, -0.15) is 0 Å². The third-order valence-electron chi connectivity index (χ3n) is 2.50. The van der Waals surface area contributed by atoms with E-state index in [1.165, 1.54) is 17.4 Å². The van der Waals surface area contributed by atoms with Crippen LogP contribution in [0, 0.1) is 10.1 Å². The Hall–Kier alpha value is -2.06. The molecule has 1 N–H and O–H groups in total. The molecule has 0 aliphatic heterocycles. The van der Waals surface area contributed by atoms with E-state index in [4.69, 9.17) is 4.74 Å².